The van der Waals surface area contributed by atoms with E-state index in [4.69, 9.17) is 5.11 Å². The molecule has 0 radical (unpaired) electrons. The number of aliphatic hydroxyl groups excluding tert-OH is 1. The first-order valence-electron chi connectivity index (χ1n) is 7.20. The molecule has 3 heteroatoms. The predicted molar refractivity (Wildman–Crippen MR) is 72.4 cm³/mol. The van der Waals surface area contributed by atoms with Crippen LogP contribution in [0, 0.1) is 0 Å². The van der Waals surface area contributed by atoms with Gasteiger partial charge < -0.3 is 15.3 Å². The molecule has 0 atom stereocenters. The normalized spacial score (nSPS) is 24.1. The van der Waals surface area contributed by atoms with E-state index in [1.807, 2.05) is 0 Å². The zero-order valence-electron chi connectivity index (χ0n) is 11.1. The Balaban J connectivity index is 1.67. The van der Waals surface area contributed by atoms with E-state index in [1.54, 1.807) is 4.90 Å². The fourth-order valence-corrected chi connectivity index (χ4v) is 2.79. The van der Waals surface area contributed by atoms with E-state index in [0.29, 0.717) is 6.61 Å². The number of nitrogens with two attached hydrogens (primary N) is 1. The minimum atomic E-state index is 0.328. The molecule has 1 heterocycles. The summed E-state index contributed by atoms with van der Waals surface area (Å²) < 4.78 is 0. The fraction of sp³-hybridized carbons (Fsp3) is 0.600. The maximum absolute atomic E-state index is 8.78. The van der Waals surface area contributed by atoms with Gasteiger partial charge in [0.25, 0.3) is 0 Å². The molecule has 1 aliphatic rings. The number of quaternary nitrogens is 2. The molecule has 0 amide bonds. The van der Waals surface area contributed by atoms with Crippen LogP contribution in [0.4, 0.5) is 0 Å². The molecular weight excluding hydrogens is 224 g/mol. The lowest BCUT2D eigenvalue weighted by molar-refractivity contribution is -0.926. The summed E-state index contributed by atoms with van der Waals surface area (Å²) in [7, 11) is 0. The van der Waals surface area contributed by atoms with E-state index < -0.39 is 0 Å². The molecule has 18 heavy (non-hydrogen) atoms. The molecule has 1 aromatic rings. The molecule has 1 fully saturated rings. The second-order valence-electron chi connectivity index (χ2n) is 5.35. The first kappa shape index (κ1) is 13.5. The Kier molecular flexibility index (Phi) is 5.65. The standard InChI is InChI=1S/C15H24N2O/c18-12-4-9-16-15-7-10-17(11-8-15)13-14-5-2-1-3-6-14/h1-3,5-6,15-16,18H,4,7-13H2/p+2. The molecule has 1 saturated heterocycles. The van der Waals surface area contributed by atoms with E-state index >= 15 is 0 Å². The number of hydrogen-bond acceptors (Lipinski definition) is 1. The first-order chi connectivity index (χ1) is 8.88. The Hall–Kier alpha value is -0.900. The molecule has 1 aliphatic heterocycles. The smallest absolute Gasteiger partial charge is 0.103 e. The highest BCUT2D eigenvalue weighted by atomic mass is 16.3. The third-order valence-electron chi connectivity index (χ3n) is 3.90. The van der Waals surface area contributed by atoms with E-state index in [1.165, 1.54) is 38.0 Å². The van der Waals surface area contributed by atoms with Crippen LogP contribution in [0.25, 0.3) is 0 Å². The van der Waals surface area contributed by atoms with E-state index in [0.717, 1.165) is 19.0 Å². The van der Waals surface area contributed by atoms with Crippen LogP contribution in [0.1, 0.15) is 24.8 Å². The van der Waals surface area contributed by atoms with Crippen molar-refractivity contribution < 1.29 is 15.3 Å². The maximum Gasteiger partial charge on any atom is 0.103 e. The lowest BCUT2D eigenvalue weighted by Crippen LogP contribution is -3.13. The van der Waals surface area contributed by atoms with Crippen molar-refractivity contribution in [2.24, 2.45) is 0 Å². The first-order valence-corrected chi connectivity index (χ1v) is 7.20. The van der Waals surface area contributed by atoms with Gasteiger partial charge in [0.05, 0.1) is 25.7 Å². The van der Waals surface area contributed by atoms with Gasteiger partial charge in [0.2, 0.25) is 0 Å². The van der Waals surface area contributed by atoms with Crippen molar-refractivity contribution in [2.75, 3.05) is 26.2 Å². The number of hydrogen-bond donors (Lipinski definition) is 3. The Morgan fingerprint density at radius 1 is 1.17 bits per heavy atom. The van der Waals surface area contributed by atoms with Gasteiger partial charge in [0.1, 0.15) is 6.54 Å². The quantitative estimate of drug-likeness (QED) is 0.567. The van der Waals surface area contributed by atoms with Crippen molar-refractivity contribution in [3.63, 3.8) is 0 Å². The van der Waals surface area contributed by atoms with Crippen LogP contribution >= 0.6 is 0 Å². The summed E-state index contributed by atoms with van der Waals surface area (Å²) in [6.45, 7) is 5.15. The minimum absolute atomic E-state index is 0.328. The maximum atomic E-state index is 8.78. The monoisotopic (exact) mass is 250 g/mol. The van der Waals surface area contributed by atoms with Gasteiger partial charge in [-0.05, 0) is 0 Å². The number of piperidine rings is 1. The number of rotatable bonds is 6. The highest BCUT2D eigenvalue weighted by molar-refractivity contribution is 5.13. The largest absolute Gasteiger partial charge is 0.396 e. The Morgan fingerprint density at radius 2 is 1.89 bits per heavy atom. The summed E-state index contributed by atoms with van der Waals surface area (Å²) >= 11 is 0. The average Bonchev–Trinajstić information content (AvgIpc) is 2.42. The van der Waals surface area contributed by atoms with Gasteiger partial charge in [-0.15, -0.1) is 0 Å². The zero-order chi connectivity index (χ0) is 12.6. The van der Waals surface area contributed by atoms with E-state index in [9.17, 15) is 0 Å². The lowest BCUT2D eigenvalue weighted by atomic mass is 10.0. The third kappa shape index (κ3) is 4.41. The predicted octanol–water partition coefficient (Wildman–Crippen LogP) is -0.820. The van der Waals surface area contributed by atoms with Crippen LogP contribution in [-0.4, -0.2) is 37.4 Å². The summed E-state index contributed by atoms with van der Waals surface area (Å²) in [4.78, 5) is 1.72. The highest BCUT2D eigenvalue weighted by Crippen LogP contribution is 1.98. The van der Waals surface area contributed by atoms with Crippen molar-refractivity contribution in [1.82, 2.24) is 0 Å². The average molecular weight is 250 g/mol. The summed E-state index contributed by atoms with van der Waals surface area (Å²) in [5.74, 6) is 0. The van der Waals surface area contributed by atoms with Crippen LogP contribution in [0.2, 0.25) is 0 Å². The third-order valence-corrected chi connectivity index (χ3v) is 3.90. The molecular formula is C15H26N2O+2. The van der Waals surface area contributed by atoms with Crippen LogP contribution < -0.4 is 10.2 Å². The van der Waals surface area contributed by atoms with Crippen molar-refractivity contribution >= 4 is 0 Å². The number of likely N-dealkylation sites (tertiary alicyclic amines) is 1. The number of aliphatic hydroxyl groups is 1. The molecule has 0 spiro atoms. The van der Waals surface area contributed by atoms with Gasteiger partial charge in [0.15, 0.2) is 0 Å². The summed E-state index contributed by atoms with van der Waals surface area (Å²) in [5, 5.41) is 11.2. The molecule has 0 bridgehead atoms. The second-order valence-corrected chi connectivity index (χ2v) is 5.35. The van der Waals surface area contributed by atoms with Crippen molar-refractivity contribution in [2.45, 2.75) is 31.8 Å². The Bertz CT molecular complexity index is 321. The topological polar surface area (TPSA) is 41.3 Å². The SMILES string of the molecule is OCCC[NH2+]C1CC[NH+](Cc2ccccc2)CC1. The summed E-state index contributed by atoms with van der Waals surface area (Å²) in [6.07, 6.45) is 3.55. The summed E-state index contributed by atoms with van der Waals surface area (Å²) in [6, 6.07) is 11.6. The van der Waals surface area contributed by atoms with Gasteiger partial charge in [-0.2, -0.15) is 0 Å². The van der Waals surface area contributed by atoms with Gasteiger partial charge in [-0.25, -0.2) is 0 Å². The summed E-state index contributed by atoms with van der Waals surface area (Å²) in [5.41, 5.74) is 1.45. The highest BCUT2D eigenvalue weighted by Gasteiger charge is 2.23. The molecule has 0 aliphatic carbocycles. The van der Waals surface area contributed by atoms with Crippen LogP contribution in [-0.2, 0) is 6.54 Å². The van der Waals surface area contributed by atoms with Crippen LogP contribution in [0.5, 0.6) is 0 Å². The van der Waals surface area contributed by atoms with Crippen molar-refractivity contribution in [3.05, 3.63) is 35.9 Å². The molecule has 0 saturated carbocycles. The minimum Gasteiger partial charge on any atom is -0.396 e. The molecule has 3 nitrogen and oxygen atoms in total. The van der Waals surface area contributed by atoms with Gasteiger partial charge in [-0.1, -0.05) is 30.3 Å². The fourth-order valence-electron chi connectivity index (χ4n) is 2.79. The molecule has 4 N–H and O–H groups in total. The Labute approximate surface area is 110 Å². The van der Waals surface area contributed by atoms with Gasteiger partial charge in [-0.3, -0.25) is 0 Å². The van der Waals surface area contributed by atoms with Gasteiger partial charge in [0, 0.05) is 31.4 Å². The van der Waals surface area contributed by atoms with E-state index in [-0.39, 0.29) is 0 Å². The van der Waals surface area contributed by atoms with Crippen LogP contribution in [0.15, 0.2) is 30.3 Å². The van der Waals surface area contributed by atoms with Crippen molar-refractivity contribution in [1.29, 1.82) is 0 Å². The molecule has 0 unspecified atom stereocenters. The molecule has 1 aromatic carbocycles. The molecule has 0 aromatic heterocycles. The van der Waals surface area contributed by atoms with E-state index in [2.05, 4.69) is 35.6 Å². The molecule has 100 valence electrons. The molecule has 2 rings (SSSR count). The lowest BCUT2D eigenvalue weighted by Gasteiger charge is -2.28. The Morgan fingerprint density at radius 3 is 2.56 bits per heavy atom. The van der Waals surface area contributed by atoms with Crippen molar-refractivity contribution in [3.8, 4) is 0 Å². The van der Waals surface area contributed by atoms with Gasteiger partial charge >= 0.3 is 0 Å². The second kappa shape index (κ2) is 7.52. The zero-order valence-corrected chi connectivity index (χ0v) is 11.1. The van der Waals surface area contributed by atoms with Crippen LogP contribution in [0.3, 0.4) is 0 Å². The number of nitrogens with one attached hydrogen (secondary N) is 1. The number of benzene rings is 1.